The van der Waals surface area contributed by atoms with Gasteiger partial charge in [-0.2, -0.15) is 4.31 Å². The first-order chi connectivity index (χ1) is 18.6. The molecule has 1 aromatic heterocycles. The van der Waals surface area contributed by atoms with E-state index in [0.717, 1.165) is 16.9 Å². The van der Waals surface area contributed by atoms with E-state index in [-0.39, 0.29) is 27.0 Å². The highest BCUT2D eigenvalue weighted by Crippen LogP contribution is 2.22. The fraction of sp³-hybridized carbons (Fsp3) is 0.192. The first kappa shape index (κ1) is 28.4. The summed E-state index contributed by atoms with van der Waals surface area (Å²) < 4.78 is 55.3. The maximum atomic E-state index is 13.1. The lowest BCUT2D eigenvalue weighted by Gasteiger charge is -2.20. The molecule has 10 nitrogen and oxygen atoms in total. The van der Waals surface area contributed by atoms with Crippen LogP contribution in [0.1, 0.15) is 34.8 Å². The number of nitrogens with zero attached hydrogens (tertiary/aromatic N) is 3. The Labute approximate surface area is 231 Å². The molecule has 1 heterocycles. The number of rotatable bonds is 11. The van der Waals surface area contributed by atoms with Crippen LogP contribution in [0.2, 0.25) is 0 Å². The average molecular weight is 586 g/mol. The van der Waals surface area contributed by atoms with Crippen LogP contribution in [0.25, 0.3) is 0 Å². The van der Waals surface area contributed by atoms with Gasteiger partial charge in [-0.15, -0.1) is 10.2 Å². The van der Waals surface area contributed by atoms with Crippen molar-refractivity contribution in [3.8, 4) is 0 Å². The maximum absolute atomic E-state index is 13.1. The molecule has 1 amide bonds. The highest BCUT2D eigenvalue weighted by molar-refractivity contribution is 7.93. The Morgan fingerprint density at radius 1 is 0.846 bits per heavy atom. The zero-order chi connectivity index (χ0) is 28.0. The van der Waals surface area contributed by atoms with Gasteiger partial charge in [0, 0.05) is 24.3 Å². The summed E-state index contributed by atoms with van der Waals surface area (Å²) in [5, 5.41) is 11.3. The van der Waals surface area contributed by atoms with Crippen molar-refractivity contribution >= 4 is 48.1 Å². The summed E-state index contributed by atoms with van der Waals surface area (Å²) in [4.78, 5) is 12.8. The van der Waals surface area contributed by atoms with Gasteiger partial charge in [0.2, 0.25) is 15.2 Å². The Bertz CT molecular complexity index is 1640. The van der Waals surface area contributed by atoms with Gasteiger partial charge in [0.25, 0.3) is 15.9 Å². The number of hydrogen-bond donors (Lipinski definition) is 2. The lowest BCUT2D eigenvalue weighted by molar-refractivity contribution is 0.102. The number of nitrogens with one attached hydrogen (secondary N) is 2. The van der Waals surface area contributed by atoms with Crippen LogP contribution in [0.5, 0.6) is 0 Å². The minimum Gasteiger partial charge on any atom is -0.322 e. The normalized spacial score (nSPS) is 11.9. The Kier molecular flexibility index (Phi) is 8.75. The summed E-state index contributed by atoms with van der Waals surface area (Å²) in [5.41, 5.74) is 1.50. The lowest BCUT2D eigenvalue weighted by Crippen LogP contribution is -2.30. The largest absolute Gasteiger partial charge is 0.322 e. The van der Waals surface area contributed by atoms with Crippen molar-refractivity contribution in [2.75, 3.05) is 16.6 Å². The third kappa shape index (κ3) is 6.87. The van der Waals surface area contributed by atoms with Crippen molar-refractivity contribution in [2.45, 2.75) is 36.6 Å². The van der Waals surface area contributed by atoms with Crippen molar-refractivity contribution in [1.82, 2.24) is 14.5 Å². The number of hydrogen-bond acceptors (Lipinski definition) is 8. The van der Waals surface area contributed by atoms with Gasteiger partial charge in [-0.25, -0.2) is 16.8 Å². The van der Waals surface area contributed by atoms with E-state index in [2.05, 4.69) is 20.2 Å². The number of anilines is 2. The van der Waals surface area contributed by atoms with Crippen molar-refractivity contribution in [1.29, 1.82) is 0 Å². The summed E-state index contributed by atoms with van der Waals surface area (Å²) in [6.07, 6.45) is 0.651. The van der Waals surface area contributed by atoms with Gasteiger partial charge in [0.1, 0.15) is 5.01 Å². The summed E-state index contributed by atoms with van der Waals surface area (Å²) in [6, 6.07) is 20.6. The van der Waals surface area contributed by atoms with Crippen molar-refractivity contribution in [3.63, 3.8) is 0 Å². The van der Waals surface area contributed by atoms with E-state index in [1.807, 2.05) is 37.3 Å². The van der Waals surface area contributed by atoms with Gasteiger partial charge in [-0.05, 0) is 60.5 Å². The third-order valence-electron chi connectivity index (χ3n) is 5.72. The fourth-order valence-electron chi connectivity index (χ4n) is 3.61. The number of sulfonamides is 2. The molecule has 4 aromatic rings. The van der Waals surface area contributed by atoms with Crippen LogP contribution in [0.4, 0.5) is 10.8 Å². The number of carbonyl (C=O) groups excluding carboxylic acids is 1. The number of amides is 1. The summed E-state index contributed by atoms with van der Waals surface area (Å²) in [6.45, 7) is 4.20. The molecule has 0 bridgehead atoms. The Morgan fingerprint density at radius 2 is 1.49 bits per heavy atom. The Hall–Kier alpha value is -3.65. The summed E-state index contributed by atoms with van der Waals surface area (Å²) in [7, 11) is -7.63. The van der Waals surface area contributed by atoms with Gasteiger partial charge < -0.3 is 5.32 Å². The molecule has 0 saturated carbocycles. The second kappa shape index (κ2) is 12.0. The van der Waals surface area contributed by atoms with Gasteiger partial charge in [-0.3, -0.25) is 9.52 Å². The lowest BCUT2D eigenvalue weighted by atomic mass is 10.2. The van der Waals surface area contributed by atoms with Crippen LogP contribution in [0, 0.1) is 0 Å². The van der Waals surface area contributed by atoms with E-state index in [9.17, 15) is 21.6 Å². The molecular weight excluding hydrogens is 559 g/mol. The zero-order valence-electron chi connectivity index (χ0n) is 21.2. The minimum absolute atomic E-state index is 0.000659. The van der Waals surface area contributed by atoms with Crippen molar-refractivity contribution < 1.29 is 21.6 Å². The molecular formula is C26H27N5O5S3. The average Bonchev–Trinajstić information content (AvgIpc) is 3.39. The van der Waals surface area contributed by atoms with E-state index in [0.29, 0.717) is 23.7 Å². The van der Waals surface area contributed by atoms with Crippen molar-refractivity contribution in [2.24, 2.45) is 0 Å². The second-order valence-corrected chi connectivity index (χ2v) is 13.1. The predicted octanol–water partition coefficient (Wildman–Crippen LogP) is 4.36. The molecule has 39 heavy (non-hydrogen) atoms. The van der Waals surface area contributed by atoms with Gasteiger partial charge in [0.05, 0.1) is 9.79 Å². The highest BCUT2D eigenvalue weighted by Gasteiger charge is 2.24. The number of carbonyl (C=O) groups is 1. The first-order valence-corrected chi connectivity index (χ1v) is 15.8. The molecule has 0 radical (unpaired) electrons. The molecule has 2 N–H and O–H groups in total. The van der Waals surface area contributed by atoms with E-state index in [1.54, 1.807) is 6.92 Å². The fourth-order valence-corrected chi connectivity index (χ4v) is 6.96. The highest BCUT2D eigenvalue weighted by atomic mass is 32.2. The molecule has 0 saturated heterocycles. The molecule has 204 valence electrons. The third-order valence-corrected chi connectivity index (χ3v) is 10.1. The van der Waals surface area contributed by atoms with Crippen LogP contribution in [0.3, 0.4) is 0 Å². The minimum atomic E-state index is -3.87. The second-order valence-electron chi connectivity index (χ2n) is 8.38. The molecule has 0 unspecified atom stereocenters. The maximum Gasteiger partial charge on any atom is 0.263 e. The predicted molar refractivity (Wildman–Crippen MR) is 151 cm³/mol. The topological polar surface area (TPSA) is 138 Å². The SMILES string of the molecule is CCc1nnc(NS(=O)(=O)c2ccc(NC(=O)c3ccc(S(=O)(=O)N(CC)Cc4ccccc4)cc3)cc2)s1. The van der Waals surface area contributed by atoms with Crippen LogP contribution in [-0.4, -0.2) is 43.8 Å². The smallest absolute Gasteiger partial charge is 0.263 e. The molecule has 0 atom stereocenters. The monoisotopic (exact) mass is 585 g/mol. The van der Waals surface area contributed by atoms with Crippen LogP contribution >= 0.6 is 11.3 Å². The van der Waals surface area contributed by atoms with Gasteiger partial charge in [-0.1, -0.05) is 55.5 Å². The summed E-state index contributed by atoms with van der Waals surface area (Å²) >= 11 is 1.16. The first-order valence-electron chi connectivity index (χ1n) is 12.0. The standard InChI is InChI=1S/C26H27N5O5S3/c1-3-24-28-29-26(37-24)30-38(33,34)22-16-12-21(13-17-22)27-25(32)20-10-14-23(15-11-20)39(35,36)31(4-2)18-19-8-6-5-7-9-19/h5-17H,3-4,18H2,1-2H3,(H,27,32)(H,29,30). The molecule has 4 rings (SSSR count). The number of aromatic nitrogens is 2. The molecule has 0 fully saturated rings. The van der Waals surface area contributed by atoms with E-state index in [1.165, 1.54) is 52.8 Å². The van der Waals surface area contributed by atoms with Crippen molar-refractivity contribution in [3.05, 3.63) is 95.0 Å². The quantitative estimate of drug-likeness (QED) is 0.267. The van der Waals surface area contributed by atoms with Gasteiger partial charge >= 0.3 is 0 Å². The van der Waals surface area contributed by atoms with E-state index in [4.69, 9.17) is 0 Å². The number of benzene rings is 3. The molecule has 0 spiro atoms. The Balaban J connectivity index is 1.41. The van der Waals surface area contributed by atoms with Crippen LogP contribution in [0.15, 0.2) is 88.7 Å². The summed E-state index contributed by atoms with van der Waals surface area (Å²) in [5.74, 6) is -0.467. The van der Waals surface area contributed by atoms with E-state index < -0.39 is 26.0 Å². The molecule has 0 aliphatic rings. The van der Waals surface area contributed by atoms with E-state index >= 15 is 0 Å². The zero-order valence-corrected chi connectivity index (χ0v) is 23.7. The molecule has 0 aliphatic carbocycles. The van der Waals surface area contributed by atoms with Crippen LogP contribution in [-0.2, 0) is 33.0 Å². The van der Waals surface area contributed by atoms with Crippen LogP contribution < -0.4 is 10.0 Å². The molecule has 13 heteroatoms. The molecule has 0 aliphatic heterocycles. The molecule has 3 aromatic carbocycles. The Morgan fingerprint density at radius 3 is 2.08 bits per heavy atom. The number of aryl methyl sites for hydroxylation is 1. The van der Waals surface area contributed by atoms with Gasteiger partial charge in [0.15, 0.2) is 0 Å².